The third kappa shape index (κ3) is 1.16. The summed E-state index contributed by atoms with van der Waals surface area (Å²) in [5.41, 5.74) is 0. The maximum absolute atomic E-state index is 7.03. The minimum absolute atomic E-state index is 0.257. The van der Waals surface area contributed by atoms with Gasteiger partial charge in [0.1, 0.15) is 5.15 Å². The number of halogens is 1. The van der Waals surface area contributed by atoms with Gasteiger partial charge >= 0.3 is 0 Å². The second-order valence-corrected chi connectivity index (χ2v) is 1.43. The number of pyridine rings is 1. The smallest absolute Gasteiger partial charge is 0.129 e. The summed E-state index contributed by atoms with van der Waals surface area (Å²) < 4.78 is 7.03. The topological polar surface area (TPSA) is 12.9 Å². The highest BCUT2D eigenvalue weighted by molar-refractivity contribution is 6.29. The van der Waals surface area contributed by atoms with Crippen molar-refractivity contribution < 1.29 is 1.37 Å². The highest BCUT2D eigenvalue weighted by atomic mass is 35.5. The number of aromatic nitrogens is 1. The van der Waals surface area contributed by atoms with E-state index in [4.69, 9.17) is 13.0 Å². The maximum atomic E-state index is 7.03. The van der Waals surface area contributed by atoms with Crippen molar-refractivity contribution in [2.45, 2.75) is 0 Å². The van der Waals surface area contributed by atoms with E-state index in [9.17, 15) is 0 Å². The summed E-state index contributed by atoms with van der Waals surface area (Å²) in [6.07, 6.45) is 1.56. The van der Waals surface area contributed by atoms with Gasteiger partial charge in [0.2, 0.25) is 0 Å². The lowest BCUT2D eigenvalue weighted by Gasteiger charge is -1.79. The van der Waals surface area contributed by atoms with Crippen LogP contribution >= 0.6 is 11.6 Å². The fourth-order valence-electron chi connectivity index (χ4n) is 0.306. The van der Waals surface area contributed by atoms with Crippen molar-refractivity contribution in [3.05, 3.63) is 29.5 Å². The molecule has 1 rings (SSSR count). The van der Waals surface area contributed by atoms with Gasteiger partial charge in [0.15, 0.2) is 0 Å². The molecule has 0 fully saturated rings. The van der Waals surface area contributed by atoms with E-state index in [-0.39, 0.29) is 11.2 Å². The van der Waals surface area contributed by atoms with Crippen LogP contribution in [0.1, 0.15) is 1.37 Å². The monoisotopic (exact) mass is 114 g/mol. The molecule has 1 heterocycles. The molecule has 0 amide bonds. The molecule has 1 aromatic rings. The Labute approximate surface area is 48.4 Å². The van der Waals surface area contributed by atoms with Gasteiger partial charge in [-0.2, -0.15) is 0 Å². The standard InChI is InChI=1S/C5H4ClN/c6-5-3-1-2-4-7-5/h1-4H/i3D. The van der Waals surface area contributed by atoms with Crippen LogP contribution in [0.2, 0.25) is 5.15 Å². The zero-order valence-electron chi connectivity index (χ0n) is 4.56. The summed E-state index contributed by atoms with van der Waals surface area (Å²) >= 11 is 5.41. The predicted octanol–water partition coefficient (Wildman–Crippen LogP) is 1.74. The number of rotatable bonds is 0. The van der Waals surface area contributed by atoms with Crippen LogP contribution in [0, 0.1) is 0 Å². The van der Waals surface area contributed by atoms with E-state index < -0.39 is 0 Å². The molecule has 0 unspecified atom stereocenters. The highest BCUT2D eigenvalue weighted by Gasteiger charge is 1.76. The lowest BCUT2D eigenvalue weighted by molar-refractivity contribution is 1.33. The number of hydrogen-bond donors (Lipinski definition) is 0. The minimum atomic E-state index is 0.257. The van der Waals surface area contributed by atoms with Crippen LogP contribution in [0.15, 0.2) is 24.4 Å². The Balaban J connectivity index is 3.13. The van der Waals surface area contributed by atoms with Crippen molar-refractivity contribution in [3.63, 3.8) is 0 Å². The van der Waals surface area contributed by atoms with Crippen LogP contribution in [-0.2, 0) is 0 Å². The van der Waals surface area contributed by atoms with Crippen LogP contribution in [0.5, 0.6) is 0 Å². The minimum Gasteiger partial charge on any atom is -0.245 e. The van der Waals surface area contributed by atoms with Crippen LogP contribution in [0.4, 0.5) is 0 Å². The first-order chi connectivity index (χ1) is 3.80. The molecule has 0 atom stereocenters. The SMILES string of the molecule is [2H]c1cccnc1Cl. The van der Waals surface area contributed by atoms with Gasteiger partial charge in [0.25, 0.3) is 0 Å². The molecule has 0 aliphatic rings. The van der Waals surface area contributed by atoms with E-state index in [1.165, 1.54) is 0 Å². The van der Waals surface area contributed by atoms with Crippen molar-refractivity contribution in [3.8, 4) is 0 Å². The average Bonchev–Trinajstić information content (AvgIpc) is 1.77. The van der Waals surface area contributed by atoms with Crippen LogP contribution in [-0.4, -0.2) is 4.98 Å². The van der Waals surface area contributed by atoms with Crippen molar-refractivity contribution in [1.29, 1.82) is 0 Å². The van der Waals surface area contributed by atoms with Crippen molar-refractivity contribution in [2.75, 3.05) is 0 Å². The fraction of sp³-hybridized carbons (Fsp3) is 0. The molecular weight excluding hydrogens is 110 g/mol. The average molecular weight is 115 g/mol. The molecule has 1 aromatic heterocycles. The van der Waals surface area contributed by atoms with E-state index >= 15 is 0 Å². The fourth-order valence-corrected chi connectivity index (χ4v) is 0.425. The Kier molecular flexibility index (Phi) is 0.953. The number of hydrogen-bond acceptors (Lipinski definition) is 1. The Morgan fingerprint density at radius 2 is 2.57 bits per heavy atom. The largest absolute Gasteiger partial charge is 0.245 e. The molecule has 36 valence electrons. The molecular formula is C5H4ClN. The Morgan fingerprint density at radius 3 is 3.00 bits per heavy atom. The van der Waals surface area contributed by atoms with Gasteiger partial charge in [0, 0.05) is 6.20 Å². The van der Waals surface area contributed by atoms with Crippen LogP contribution in [0.25, 0.3) is 0 Å². The van der Waals surface area contributed by atoms with E-state index in [1.807, 2.05) is 0 Å². The van der Waals surface area contributed by atoms with Gasteiger partial charge in [-0.3, -0.25) is 0 Å². The highest BCUT2D eigenvalue weighted by Crippen LogP contribution is 1.98. The zero-order valence-corrected chi connectivity index (χ0v) is 4.31. The summed E-state index contributed by atoms with van der Waals surface area (Å²) in [6.45, 7) is 0. The summed E-state index contributed by atoms with van der Waals surface area (Å²) in [5.74, 6) is 0. The molecule has 0 aliphatic heterocycles. The van der Waals surface area contributed by atoms with E-state index in [0.717, 1.165) is 0 Å². The van der Waals surface area contributed by atoms with E-state index in [1.54, 1.807) is 18.3 Å². The van der Waals surface area contributed by atoms with Crippen LogP contribution < -0.4 is 0 Å². The third-order valence-electron chi connectivity index (χ3n) is 0.573. The molecule has 0 radical (unpaired) electrons. The zero-order chi connectivity index (χ0) is 5.98. The molecule has 2 heteroatoms. The predicted molar refractivity (Wildman–Crippen MR) is 29.2 cm³/mol. The first kappa shape index (κ1) is 3.44. The van der Waals surface area contributed by atoms with Gasteiger partial charge in [-0.15, -0.1) is 0 Å². The molecule has 0 aliphatic carbocycles. The van der Waals surface area contributed by atoms with Crippen molar-refractivity contribution in [1.82, 2.24) is 4.98 Å². The van der Waals surface area contributed by atoms with Gasteiger partial charge in [-0.1, -0.05) is 17.7 Å². The Hall–Kier alpha value is -0.560. The summed E-state index contributed by atoms with van der Waals surface area (Å²) in [7, 11) is 0. The Bertz CT molecular complexity index is 169. The van der Waals surface area contributed by atoms with E-state index in [2.05, 4.69) is 4.98 Å². The van der Waals surface area contributed by atoms with Crippen molar-refractivity contribution in [2.24, 2.45) is 0 Å². The maximum Gasteiger partial charge on any atom is 0.129 e. The van der Waals surface area contributed by atoms with Gasteiger partial charge in [0.05, 0.1) is 1.37 Å². The second kappa shape index (κ2) is 1.94. The first-order valence-electron chi connectivity index (χ1n) is 2.38. The summed E-state index contributed by atoms with van der Waals surface area (Å²) in [5, 5.41) is 0.257. The normalized spacial score (nSPS) is 10.7. The van der Waals surface area contributed by atoms with Gasteiger partial charge < -0.3 is 0 Å². The Morgan fingerprint density at radius 1 is 1.71 bits per heavy atom. The molecule has 0 saturated heterocycles. The summed E-state index contributed by atoms with van der Waals surface area (Å²) in [4.78, 5) is 3.66. The molecule has 0 bridgehead atoms. The molecule has 0 spiro atoms. The van der Waals surface area contributed by atoms with Gasteiger partial charge in [-0.25, -0.2) is 4.98 Å². The lowest BCUT2D eigenvalue weighted by Crippen LogP contribution is -1.65. The van der Waals surface area contributed by atoms with E-state index in [0.29, 0.717) is 0 Å². The molecule has 1 nitrogen and oxygen atoms in total. The molecule has 0 N–H and O–H groups in total. The van der Waals surface area contributed by atoms with Crippen molar-refractivity contribution >= 4 is 11.6 Å². The summed E-state index contributed by atoms with van der Waals surface area (Å²) in [6, 6.07) is 3.54. The number of nitrogens with zero attached hydrogens (tertiary/aromatic N) is 1. The first-order valence-corrected chi connectivity index (χ1v) is 2.25. The second-order valence-electron chi connectivity index (χ2n) is 1.07. The van der Waals surface area contributed by atoms with Gasteiger partial charge in [-0.05, 0) is 12.1 Å². The molecule has 0 aromatic carbocycles. The van der Waals surface area contributed by atoms with Crippen LogP contribution in [0.3, 0.4) is 0 Å². The lowest BCUT2D eigenvalue weighted by atomic mass is 10.5. The molecule has 7 heavy (non-hydrogen) atoms. The quantitative estimate of drug-likeness (QED) is 0.468. The third-order valence-corrected chi connectivity index (χ3v) is 0.779. The molecule has 0 saturated carbocycles.